The molecule has 3 aromatic rings. The third-order valence-electron chi connectivity index (χ3n) is 3.03. The highest BCUT2D eigenvalue weighted by atomic mass is 16.4. The Hall–Kier alpha value is -2.63. The van der Waals surface area contributed by atoms with E-state index >= 15 is 0 Å². The Bertz CT molecular complexity index is 715. The first-order valence-electron chi connectivity index (χ1n) is 5.88. The third-order valence-corrected chi connectivity index (χ3v) is 3.03. The van der Waals surface area contributed by atoms with E-state index in [2.05, 4.69) is 9.97 Å². The van der Waals surface area contributed by atoms with Crippen LogP contribution in [0.25, 0.3) is 11.0 Å². The highest BCUT2D eigenvalue weighted by Crippen LogP contribution is 2.15. The zero-order valence-electron chi connectivity index (χ0n) is 10.1. The predicted molar refractivity (Wildman–Crippen MR) is 68.9 cm³/mol. The zero-order valence-corrected chi connectivity index (χ0v) is 10.1. The van der Waals surface area contributed by atoms with E-state index in [1.807, 2.05) is 15.3 Å². The molecule has 6 heteroatoms. The highest BCUT2D eigenvalue weighted by Gasteiger charge is 2.07. The summed E-state index contributed by atoms with van der Waals surface area (Å²) in [6, 6.07) is 4.95. The maximum atomic E-state index is 11.0. The first-order valence-corrected chi connectivity index (χ1v) is 5.88. The minimum Gasteiger partial charge on any atom is -0.478 e. The molecule has 1 N–H and O–H groups in total. The van der Waals surface area contributed by atoms with E-state index in [0.717, 1.165) is 24.1 Å². The SMILES string of the molecule is O=C(O)c1ccc2ncn(CCn3ccnc3)c2c1. The number of carboxylic acid groups (broad SMARTS) is 1. The summed E-state index contributed by atoms with van der Waals surface area (Å²) in [5, 5.41) is 9.01. The fourth-order valence-corrected chi connectivity index (χ4v) is 2.01. The van der Waals surface area contributed by atoms with Crippen molar-refractivity contribution in [3.63, 3.8) is 0 Å². The number of carboxylic acids is 1. The van der Waals surface area contributed by atoms with Gasteiger partial charge in [-0.3, -0.25) is 0 Å². The van der Waals surface area contributed by atoms with Crippen molar-refractivity contribution in [2.24, 2.45) is 0 Å². The summed E-state index contributed by atoms with van der Waals surface area (Å²) in [7, 11) is 0. The fraction of sp³-hybridized carbons (Fsp3) is 0.154. The van der Waals surface area contributed by atoms with Crippen LogP contribution >= 0.6 is 0 Å². The van der Waals surface area contributed by atoms with Gasteiger partial charge >= 0.3 is 5.97 Å². The van der Waals surface area contributed by atoms with Gasteiger partial charge in [-0.1, -0.05) is 0 Å². The second kappa shape index (κ2) is 4.56. The number of benzene rings is 1. The van der Waals surface area contributed by atoms with Gasteiger partial charge in [-0.15, -0.1) is 0 Å². The molecule has 0 saturated carbocycles. The third kappa shape index (κ3) is 2.20. The van der Waals surface area contributed by atoms with E-state index in [1.165, 1.54) is 0 Å². The maximum Gasteiger partial charge on any atom is 0.335 e. The largest absolute Gasteiger partial charge is 0.478 e. The van der Waals surface area contributed by atoms with Gasteiger partial charge in [0.1, 0.15) is 0 Å². The molecule has 1 aromatic carbocycles. The average molecular weight is 256 g/mol. The molecular formula is C13H12N4O2. The molecule has 3 rings (SSSR count). The van der Waals surface area contributed by atoms with Crippen molar-refractivity contribution in [1.29, 1.82) is 0 Å². The minimum atomic E-state index is -0.927. The summed E-state index contributed by atoms with van der Waals surface area (Å²) < 4.78 is 3.91. The van der Waals surface area contributed by atoms with Crippen LogP contribution in [0.5, 0.6) is 0 Å². The number of nitrogens with zero attached hydrogens (tertiary/aromatic N) is 4. The maximum absolute atomic E-state index is 11.0. The van der Waals surface area contributed by atoms with E-state index in [1.54, 1.807) is 37.1 Å². The van der Waals surface area contributed by atoms with Crippen molar-refractivity contribution in [1.82, 2.24) is 19.1 Å². The molecule has 96 valence electrons. The quantitative estimate of drug-likeness (QED) is 0.770. The average Bonchev–Trinajstić information content (AvgIpc) is 3.05. The van der Waals surface area contributed by atoms with Gasteiger partial charge in [0.05, 0.1) is 29.3 Å². The van der Waals surface area contributed by atoms with E-state index in [4.69, 9.17) is 5.11 Å². The Kier molecular flexibility index (Phi) is 2.75. The van der Waals surface area contributed by atoms with E-state index in [-0.39, 0.29) is 5.56 Å². The molecule has 0 spiro atoms. The van der Waals surface area contributed by atoms with Crippen molar-refractivity contribution in [3.8, 4) is 0 Å². The molecule has 0 aliphatic carbocycles. The van der Waals surface area contributed by atoms with Gasteiger partial charge in [-0.25, -0.2) is 14.8 Å². The summed E-state index contributed by atoms with van der Waals surface area (Å²) in [4.78, 5) is 19.2. The molecule has 0 unspecified atom stereocenters. The minimum absolute atomic E-state index is 0.275. The van der Waals surface area contributed by atoms with Crippen LogP contribution in [0.2, 0.25) is 0 Å². The van der Waals surface area contributed by atoms with Crippen molar-refractivity contribution in [2.75, 3.05) is 0 Å². The van der Waals surface area contributed by atoms with Crippen molar-refractivity contribution in [2.45, 2.75) is 13.1 Å². The molecule has 0 aliphatic heterocycles. The number of rotatable bonds is 4. The molecule has 0 radical (unpaired) electrons. The molecule has 6 nitrogen and oxygen atoms in total. The fourth-order valence-electron chi connectivity index (χ4n) is 2.01. The Morgan fingerprint density at radius 3 is 2.89 bits per heavy atom. The lowest BCUT2D eigenvalue weighted by atomic mass is 10.2. The predicted octanol–water partition coefficient (Wildman–Crippen LogP) is 1.63. The Morgan fingerprint density at radius 2 is 2.16 bits per heavy atom. The number of hydrogen-bond donors (Lipinski definition) is 1. The second-order valence-electron chi connectivity index (χ2n) is 4.25. The van der Waals surface area contributed by atoms with E-state index in [9.17, 15) is 4.79 Å². The zero-order chi connectivity index (χ0) is 13.2. The standard InChI is InChI=1S/C13H12N4O2/c18-13(19)10-1-2-11-12(7-10)17(9-15-11)6-5-16-4-3-14-8-16/h1-4,7-9H,5-6H2,(H,18,19). The lowest BCUT2D eigenvalue weighted by molar-refractivity contribution is 0.0697. The van der Waals surface area contributed by atoms with Gasteiger partial charge < -0.3 is 14.2 Å². The van der Waals surface area contributed by atoms with Crippen molar-refractivity contribution >= 4 is 17.0 Å². The number of aryl methyl sites for hydroxylation is 2. The Balaban J connectivity index is 1.90. The summed E-state index contributed by atoms with van der Waals surface area (Å²) in [5.74, 6) is -0.927. The summed E-state index contributed by atoms with van der Waals surface area (Å²) >= 11 is 0. The number of aromatic carboxylic acids is 1. The number of aromatic nitrogens is 4. The summed E-state index contributed by atoms with van der Waals surface area (Å²) in [5.41, 5.74) is 1.91. The second-order valence-corrected chi connectivity index (χ2v) is 4.25. The van der Waals surface area contributed by atoms with Gasteiger partial charge in [0.25, 0.3) is 0 Å². The molecule has 0 atom stereocenters. The van der Waals surface area contributed by atoms with Crippen LogP contribution in [-0.2, 0) is 13.1 Å². The van der Waals surface area contributed by atoms with Crippen LogP contribution in [-0.4, -0.2) is 30.2 Å². The first-order chi connectivity index (χ1) is 9.24. The molecule has 0 fully saturated rings. The van der Waals surface area contributed by atoms with E-state index in [0.29, 0.717) is 0 Å². The number of imidazole rings is 2. The van der Waals surface area contributed by atoms with Crippen LogP contribution in [0.4, 0.5) is 0 Å². The van der Waals surface area contributed by atoms with Crippen LogP contribution in [0.1, 0.15) is 10.4 Å². The highest BCUT2D eigenvalue weighted by molar-refractivity contribution is 5.92. The van der Waals surface area contributed by atoms with Crippen LogP contribution in [0.3, 0.4) is 0 Å². The molecular weight excluding hydrogens is 244 g/mol. The summed E-state index contributed by atoms with van der Waals surface area (Å²) in [6.45, 7) is 1.48. The summed E-state index contributed by atoms with van der Waals surface area (Å²) in [6.07, 6.45) is 7.10. The molecule has 0 bridgehead atoms. The van der Waals surface area contributed by atoms with Gasteiger partial charge in [0.2, 0.25) is 0 Å². The molecule has 0 saturated heterocycles. The number of hydrogen-bond acceptors (Lipinski definition) is 3. The lowest BCUT2D eigenvalue weighted by Gasteiger charge is -2.05. The van der Waals surface area contributed by atoms with Crippen molar-refractivity contribution in [3.05, 3.63) is 48.8 Å². The van der Waals surface area contributed by atoms with Crippen LogP contribution in [0, 0.1) is 0 Å². The molecule has 2 aromatic heterocycles. The van der Waals surface area contributed by atoms with Gasteiger partial charge in [0.15, 0.2) is 0 Å². The van der Waals surface area contributed by atoms with Crippen LogP contribution in [0.15, 0.2) is 43.2 Å². The Morgan fingerprint density at radius 1 is 1.26 bits per heavy atom. The smallest absolute Gasteiger partial charge is 0.335 e. The van der Waals surface area contributed by atoms with E-state index < -0.39 is 5.97 Å². The van der Waals surface area contributed by atoms with Gasteiger partial charge in [0, 0.05) is 25.5 Å². The normalized spacial score (nSPS) is 10.9. The molecule has 0 aliphatic rings. The molecule has 19 heavy (non-hydrogen) atoms. The number of fused-ring (bicyclic) bond motifs is 1. The van der Waals surface area contributed by atoms with Crippen molar-refractivity contribution < 1.29 is 9.90 Å². The molecule has 0 amide bonds. The monoisotopic (exact) mass is 256 g/mol. The molecule has 2 heterocycles. The Labute approximate surface area is 108 Å². The topological polar surface area (TPSA) is 72.9 Å². The number of carbonyl (C=O) groups is 1. The van der Waals surface area contributed by atoms with Crippen LogP contribution < -0.4 is 0 Å². The lowest BCUT2D eigenvalue weighted by Crippen LogP contribution is -2.05. The first kappa shape index (κ1) is 11.5. The van der Waals surface area contributed by atoms with Gasteiger partial charge in [-0.05, 0) is 18.2 Å². The van der Waals surface area contributed by atoms with Gasteiger partial charge in [-0.2, -0.15) is 0 Å².